The van der Waals surface area contributed by atoms with Gasteiger partial charge in [-0.25, -0.2) is 4.79 Å². The highest BCUT2D eigenvalue weighted by Gasteiger charge is 2.38. The number of aliphatic carboxylic acids is 1. The third-order valence-electron chi connectivity index (χ3n) is 4.88. The largest absolute Gasteiger partial charge is 0.490 e. The zero-order valence-corrected chi connectivity index (χ0v) is 14.2. The summed E-state index contributed by atoms with van der Waals surface area (Å²) in [6.45, 7) is 3.53. The van der Waals surface area contributed by atoms with Crippen LogP contribution in [0.1, 0.15) is 30.5 Å². The number of hydrogen-bond donors (Lipinski definition) is 1. The van der Waals surface area contributed by atoms with Crippen LogP contribution in [0.2, 0.25) is 0 Å². The second-order valence-corrected chi connectivity index (χ2v) is 6.60. The maximum absolute atomic E-state index is 11.7. The number of alkyl halides is 3. The molecule has 0 saturated heterocycles. The molecule has 1 aliphatic heterocycles. The highest BCUT2D eigenvalue weighted by atomic mass is 19.4. The molecule has 0 radical (unpaired) electrons. The molecule has 1 aromatic rings. The maximum atomic E-state index is 11.7. The quantitative estimate of drug-likeness (QED) is 0.879. The van der Waals surface area contributed by atoms with Gasteiger partial charge in [-0.1, -0.05) is 12.5 Å². The van der Waals surface area contributed by atoms with E-state index in [2.05, 4.69) is 4.90 Å². The van der Waals surface area contributed by atoms with E-state index in [4.69, 9.17) is 9.90 Å². The van der Waals surface area contributed by atoms with Crippen molar-refractivity contribution in [3.05, 3.63) is 33.7 Å². The van der Waals surface area contributed by atoms with Gasteiger partial charge in [-0.05, 0) is 30.7 Å². The Hall–Kier alpha value is -1.83. The number of aromatic nitrogens is 1. The van der Waals surface area contributed by atoms with Gasteiger partial charge in [-0.15, -0.1) is 0 Å². The molecule has 1 fully saturated rings. The zero-order valence-electron chi connectivity index (χ0n) is 14.2. The molecule has 0 aromatic carbocycles. The van der Waals surface area contributed by atoms with E-state index >= 15 is 0 Å². The molecule has 0 unspecified atom stereocenters. The third-order valence-corrected chi connectivity index (χ3v) is 4.88. The average molecular weight is 360 g/mol. The number of fused-ring (bicyclic) bond motifs is 1. The molecule has 2 aliphatic rings. The fourth-order valence-corrected chi connectivity index (χ4v) is 3.16. The van der Waals surface area contributed by atoms with Crippen LogP contribution in [0.15, 0.2) is 16.9 Å². The summed E-state index contributed by atoms with van der Waals surface area (Å²) in [4.78, 5) is 23.2. The average Bonchev–Trinajstić information content (AvgIpc) is 2.69. The molecule has 8 heteroatoms. The Bertz CT molecular complexity index is 666. The van der Waals surface area contributed by atoms with Gasteiger partial charge in [0.2, 0.25) is 5.56 Å². The zero-order chi connectivity index (χ0) is 18.6. The van der Waals surface area contributed by atoms with Crippen LogP contribution in [0.4, 0.5) is 13.2 Å². The molecule has 5 nitrogen and oxygen atoms in total. The maximum Gasteiger partial charge on any atom is 0.490 e. The molecule has 0 bridgehead atoms. The van der Waals surface area contributed by atoms with E-state index in [0.29, 0.717) is 0 Å². The molecule has 0 amide bonds. The molecule has 0 spiro atoms. The molecule has 1 aromatic heterocycles. The van der Waals surface area contributed by atoms with E-state index in [0.717, 1.165) is 31.8 Å². The summed E-state index contributed by atoms with van der Waals surface area (Å²) in [7, 11) is 1.91. The molecule has 2 heterocycles. The summed E-state index contributed by atoms with van der Waals surface area (Å²) < 4.78 is 33.6. The fraction of sp³-hybridized carbons (Fsp3) is 0.647. The Labute approximate surface area is 144 Å². The molecule has 1 saturated carbocycles. The summed E-state index contributed by atoms with van der Waals surface area (Å²) in [5.74, 6) is -1.82. The van der Waals surface area contributed by atoms with Crippen molar-refractivity contribution in [3.8, 4) is 0 Å². The number of hydrogen-bond acceptors (Lipinski definition) is 3. The Morgan fingerprint density at radius 1 is 1.24 bits per heavy atom. The first-order valence-corrected chi connectivity index (χ1v) is 8.38. The molecule has 25 heavy (non-hydrogen) atoms. The van der Waals surface area contributed by atoms with E-state index in [1.807, 2.05) is 17.7 Å². The summed E-state index contributed by atoms with van der Waals surface area (Å²) in [6.07, 6.45) is 1.29. The molecule has 1 N–H and O–H groups in total. The van der Waals surface area contributed by atoms with Gasteiger partial charge >= 0.3 is 12.1 Å². The minimum Gasteiger partial charge on any atom is -0.475 e. The van der Waals surface area contributed by atoms with E-state index in [1.54, 1.807) is 6.07 Å². The highest BCUT2D eigenvalue weighted by molar-refractivity contribution is 5.73. The number of nitrogens with zero attached hydrogens (tertiary/aromatic N) is 2. The summed E-state index contributed by atoms with van der Waals surface area (Å²) in [5, 5.41) is 7.12. The van der Waals surface area contributed by atoms with Crippen molar-refractivity contribution in [1.82, 2.24) is 9.47 Å². The first-order chi connectivity index (χ1) is 11.7. The van der Waals surface area contributed by atoms with Crippen molar-refractivity contribution in [1.29, 1.82) is 0 Å². The first-order valence-electron chi connectivity index (χ1n) is 8.38. The summed E-state index contributed by atoms with van der Waals surface area (Å²) in [5.41, 5.74) is 2.74. The monoisotopic (exact) mass is 360 g/mol. The van der Waals surface area contributed by atoms with Gasteiger partial charge < -0.3 is 14.6 Å². The number of pyridine rings is 1. The SMILES string of the molecule is Cn1c2c(ccc1=O)CCN(CC1CCC1)CC2.O=C(O)C(F)(F)F. The minimum atomic E-state index is -5.08. The van der Waals surface area contributed by atoms with Crippen molar-refractivity contribution in [2.45, 2.75) is 38.3 Å². The second-order valence-electron chi connectivity index (χ2n) is 6.60. The van der Waals surface area contributed by atoms with Gasteiger partial charge in [0.1, 0.15) is 0 Å². The van der Waals surface area contributed by atoms with Crippen molar-refractivity contribution in [3.63, 3.8) is 0 Å². The van der Waals surface area contributed by atoms with Crippen LogP contribution in [0.5, 0.6) is 0 Å². The van der Waals surface area contributed by atoms with E-state index < -0.39 is 12.1 Å². The topological polar surface area (TPSA) is 62.5 Å². The predicted octanol–water partition coefficient (Wildman–Crippen LogP) is 2.22. The van der Waals surface area contributed by atoms with Crippen LogP contribution in [0, 0.1) is 5.92 Å². The van der Waals surface area contributed by atoms with Gasteiger partial charge in [-0.3, -0.25) is 4.79 Å². The van der Waals surface area contributed by atoms with Gasteiger partial charge in [-0.2, -0.15) is 13.2 Å². The van der Waals surface area contributed by atoms with Gasteiger partial charge in [0.25, 0.3) is 0 Å². The van der Waals surface area contributed by atoms with Crippen LogP contribution in [-0.4, -0.2) is 46.4 Å². The van der Waals surface area contributed by atoms with Crippen LogP contribution in [0.25, 0.3) is 0 Å². The van der Waals surface area contributed by atoms with Gasteiger partial charge in [0, 0.05) is 44.9 Å². The van der Waals surface area contributed by atoms with E-state index in [1.165, 1.54) is 37.1 Å². The Morgan fingerprint density at radius 2 is 1.84 bits per heavy atom. The standard InChI is InChI=1S/C15H22N2O.C2HF3O2/c1-16-14-8-10-17(11-12-3-2-4-12)9-7-13(14)5-6-15(16)18;3-2(4,5)1(6)7/h5-6,12H,2-4,7-11H2,1H3;(H,6,7). The van der Waals surface area contributed by atoms with E-state index in [9.17, 15) is 18.0 Å². The predicted molar refractivity (Wildman–Crippen MR) is 86.6 cm³/mol. The Balaban J connectivity index is 0.000000277. The van der Waals surface area contributed by atoms with Gasteiger partial charge in [0.05, 0.1) is 0 Å². The molecule has 3 rings (SSSR count). The normalized spacial score (nSPS) is 18.4. The van der Waals surface area contributed by atoms with E-state index in [-0.39, 0.29) is 5.56 Å². The molecule has 1 aliphatic carbocycles. The van der Waals surface area contributed by atoms with Crippen molar-refractivity contribution < 1.29 is 23.1 Å². The van der Waals surface area contributed by atoms with Gasteiger partial charge in [0.15, 0.2) is 0 Å². The summed E-state index contributed by atoms with van der Waals surface area (Å²) >= 11 is 0. The lowest BCUT2D eigenvalue weighted by Gasteiger charge is -2.31. The Morgan fingerprint density at radius 3 is 2.36 bits per heavy atom. The number of halogens is 3. The van der Waals surface area contributed by atoms with Crippen LogP contribution in [0.3, 0.4) is 0 Å². The second kappa shape index (κ2) is 8.03. The summed E-state index contributed by atoms with van der Waals surface area (Å²) in [6, 6.07) is 3.74. The minimum absolute atomic E-state index is 0.126. The van der Waals surface area contributed by atoms with Crippen LogP contribution >= 0.6 is 0 Å². The fourth-order valence-electron chi connectivity index (χ4n) is 3.16. The number of carboxylic acids is 1. The van der Waals surface area contributed by atoms with Crippen molar-refractivity contribution in [2.24, 2.45) is 13.0 Å². The number of carbonyl (C=O) groups is 1. The first kappa shape index (κ1) is 19.5. The highest BCUT2D eigenvalue weighted by Crippen LogP contribution is 2.27. The molecular formula is C17H23F3N2O3. The van der Waals surface area contributed by atoms with Crippen molar-refractivity contribution >= 4 is 5.97 Å². The lowest BCUT2D eigenvalue weighted by atomic mass is 9.85. The number of carboxylic acid groups (broad SMARTS) is 1. The molecule has 0 atom stereocenters. The lowest BCUT2D eigenvalue weighted by Crippen LogP contribution is -2.34. The number of rotatable bonds is 2. The smallest absolute Gasteiger partial charge is 0.475 e. The van der Waals surface area contributed by atoms with Crippen LogP contribution in [-0.2, 0) is 24.7 Å². The van der Waals surface area contributed by atoms with Crippen molar-refractivity contribution in [2.75, 3.05) is 19.6 Å². The molecule has 140 valence electrons. The third kappa shape index (κ3) is 5.32. The molecular weight excluding hydrogens is 337 g/mol. The Kier molecular flexibility index (Phi) is 6.26. The lowest BCUT2D eigenvalue weighted by molar-refractivity contribution is -0.192. The van der Waals surface area contributed by atoms with Crippen LogP contribution < -0.4 is 5.56 Å².